The molecule has 7 heteroatoms. The number of allylic oxidation sites excluding steroid dienone is 1. The summed E-state index contributed by atoms with van der Waals surface area (Å²) in [6.07, 6.45) is 1.64. The maximum Gasteiger partial charge on any atom is 0.221 e. The van der Waals surface area contributed by atoms with Gasteiger partial charge in [0.2, 0.25) is 5.91 Å². The van der Waals surface area contributed by atoms with E-state index in [1.165, 1.54) is 18.3 Å². The Bertz CT molecular complexity index is 1030. The van der Waals surface area contributed by atoms with E-state index in [1.54, 1.807) is 18.3 Å². The molecule has 0 radical (unpaired) electrons. The summed E-state index contributed by atoms with van der Waals surface area (Å²) in [4.78, 5) is 15.6. The number of hydrogen-bond acceptors (Lipinski definition) is 5. The molecular weight excluding hydrogens is 424 g/mol. The molecule has 27 heavy (non-hydrogen) atoms. The lowest BCUT2D eigenvalue weighted by Crippen LogP contribution is -2.05. The first-order chi connectivity index (χ1) is 13.0. The number of anilines is 2. The second-order valence-corrected chi connectivity index (χ2v) is 7.39. The number of carbonyl (C=O) groups excluding carboxylic acids is 1. The molecule has 5 nitrogen and oxygen atoms in total. The second-order valence-electron chi connectivity index (χ2n) is 5.62. The third-order valence-electron chi connectivity index (χ3n) is 3.56. The lowest BCUT2D eigenvalue weighted by atomic mass is 10.2. The van der Waals surface area contributed by atoms with E-state index < -0.39 is 0 Å². The maximum atomic E-state index is 11.1. The molecule has 2 aromatic carbocycles. The number of carbonyl (C=O) groups is 1. The molecule has 3 rings (SSSR count). The van der Waals surface area contributed by atoms with Crippen molar-refractivity contribution in [3.8, 4) is 17.3 Å². The van der Waals surface area contributed by atoms with Crippen LogP contribution < -0.4 is 10.6 Å². The summed E-state index contributed by atoms with van der Waals surface area (Å²) in [5.41, 5.74) is 3.80. The Hall–Kier alpha value is -2.95. The fraction of sp³-hybridized carbons (Fsp3) is 0.0500. The molecule has 1 heterocycles. The summed E-state index contributed by atoms with van der Waals surface area (Å²) in [7, 11) is 0. The van der Waals surface area contributed by atoms with Crippen LogP contribution in [0.1, 0.15) is 11.9 Å². The average Bonchev–Trinajstić information content (AvgIpc) is 3.13. The number of aromatic nitrogens is 1. The van der Waals surface area contributed by atoms with Crippen LogP contribution in [0.15, 0.2) is 64.6 Å². The van der Waals surface area contributed by atoms with Gasteiger partial charge in [0.25, 0.3) is 0 Å². The van der Waals surface area contributed by atoms with E-state index in [4.69, 9.17) is 0 Å². The molecule has 0 fully saturated rings. The van der Waals surface area contributed by atoms with E-state index in [2.05, 4.69) is 37.6 Å². The van der Waals surface area contributed by atoms with Gasteiger partial charge in [0.15, 0.2) is 0 Å². The van der Waals surface area contributed by atoms with Crippen molar-refractivity contribution in [3.05, 3.63) is 69.6 Å². The zero-order chi connectivity index (χ0) is 19.2. The first-order valence-corrected chi connectivity index (χ1v) is 9.69. The van der Waals surface area contributed by atoms with Crippen LogP contribution in [0, 0.1) is 11.3 Å². The number of hydrogen-bond donors (Lipinski definition) is 2. The summed E-state index contributed by atoms with van der Waals surface area (Å²) in [5, 5.41) is 17.9. The minimum atomic E-state index is -0.118. The number of nitrogens with one attached hydrogen (secondary N) is 2. The van der Waals surface area contributed by atoms with E-state index in [0.29, 0.717) is 10.6 Å². The molecule has 2 N–H and O–H groups in total. The third-order valence-corrected chi connectivity index (χ3v) is 4.93. The molecule has 0 spiro atoms. The molecule has 3 aromatic rings. The summed E-state index contributed by atoms with van der Waals surface area (Å²) in [6.45, 7) is 1.46. The summed E-state index contributed by atoms with van der Waals surface area (Å²) in [5.74, 6) is -0.118. The molecular formula is C20H15BrN4OS. The Morgan fingerprint density at radius 3 is 2.63 bits per heavy atom. The van der Waals surface area contributed by atoms with Crippen molar-refractivity contribution in [2.75, 3.05) is 10.6 Å². The minimum Gasteiger partial charge on any atom is -0.360 e. The van der Waals surface area contributed by atoms with Crippen LogP contribution in [0.3, 0.4) is 0 Å². The number of amides is 1. The van der Waals surface area contributed by atoms with Gasteiger partial charge < -0.3 is 10.6 Å². The monoisotopic (exact) mass is 438 g/mol. The Balaban J connectivity index is 1.75. The number of nitrogens with zero attached hydrogens (tertiary/aromatic N) is 2. The molecule has 1 amide bonds. The molecule has 0 bridgehead atoms. The van der Waals surface area contributed by atoms with E-state index in [0.717, 1.165) is 27.1 Å². The molecule has 0 aliphatic carbocycles. The highest BCUT2D eigenvalue weighted by Crippen LogP contribution is 2.27. The van der Waals surface area contributed by atoms with Crippen molar-refractivity contribution in [1.29, 1.82) is 5.26 Å². The molecule has 0 aliphatic rings. The number of halogens is 1. The van der Waals surface area contributed by atoms with E-state index in [9.17, 15) is 10.1 Å². The molecule has 1 aromatic heterocycles. The van der Waals surface area contributed by atoms with Crippen molar-refractivity contribution >= 4 is 50.1 Å². The molecule has 0 saturated heterocycles. The molecule has 134 valence electrons. The first-order valence-electron chi connectivity index (χ1n) is 8.01. The molecule has 0 aliphatic heterocycles. The van der Waals surface area contributed by atoms with Crippen LogP contribution in [-0.4, -0.2) is 10.9 Å². The number of nitriles is 1. The Kier molecular flexibility index (Phi) is 6.01. The number of benzene rings is 2. The molecule has 0 saturated carbocycles. The van der Waals surface area contributed by atoms with Gasteiger partial charge in [-0.1, -0.05) is 28.1 Å². The zero-order valence-corrected chi connectivity index (χ0v) is 16.8. The third kappa shape index (κ3) is 5.03. The van der Waals surface area contributed by atoms with E-state index >= 15 is 0 Å². The quantitative estimate of drug-likeness (QED) is 0.514. The first kappa shape index (κ1) is 18.8. The van der Waals surface area contributed by atoms with Crippen molar-refractivity contribution < 1.29 is 4.79 Å². The van der Waals surface area contributed by atoms with Gasteiger partial charge in [-0.2, -0.15) is 5.26 Å². The van der Waals surface area contributed by atoms with Gasteiger partial charge in [-0.3, -0.25) is 4.79 Å². The van der Waals surface area contributed by atoms with E-state index in [1.807, 2.05) is 41.8 Å². The highest BCUT2D eigenvalue weighted by molar-refractivity contribution is 9.10. The highest BCUT2D eigenvalue weighted by atomic mass is 79.9. The minimum absolute atomic E-state index is 0.118. The fourth-order valence-electron chi connectivity index (χ4n) is 2.33. The lowest BCUT2D eigenvalue weighted by Gasteiger charge is -2.04. The van der Waals surface area contributed by atoms with Crippen LogP contribution in [-0.2, 0) is 4.79 Å². The Morgan fingerprint density at radius 1 is 1.22 bits per heavy atom. The van der Waals surface area contributed by atoms with Gasteiger partial charge in [-0.05, 0) is 36.4 Å². The Labute approximate surface area is 169 Å². The second kappa shape index (κ2) is 8.62. The van der Waals surface area contributed by atoms with Gasteiger partial charge in [-0.25, -0.2) is 4.98 Å². The number of rotatable bonds is 5. The average molecular weight is 439 g/mol. The van der Waals surface area contributed by atoms with Crippen LogP contribution in [0.25, 0.3) is 16.8 Å². The summed E-state index contributed by atoms with van der Waals surface area (Å²) in [6, 6.07) is 17.3. The van der Waals surface area contributed by atoms with Crippen molar-refractivity contribution in [1.82, 2.24) is 4.98 Å². The largest absolute Gasteiger partial charge is 0.360 e. The van der Waals surface area contributed by atoms with Crippen molar-refractivity contribution in [2.24, 2.45) is 0 Å². The van der Waals surface area contributed by atoms with Gasteiger partial charge in [0.1, 0.15) is 16.6 Å². The predicted octanol–water partition coefficient (Wildman–Crippen LogP) is 5.51. The molecule has 0 atom stereocenters. The van der Waals surface area contributed by atoms with Crippen LogP contribution in [0.5, 0.6) is 0 Å². The van der Waals surface area contributed by atoms with Gasteiger partial charge >= 0.3 is 0 Å². The predicted molar refractivity (Wildman–Crippen MR) is 113 cm³/mol. The standard InChI is InChI=1S/C20H15BrN4OS/c1-13(26)24-18-7-5-17(6-8-18)23-11-15(10-22)20-25-19(12-27-20)14-3-2-4-16(21)9-14/h2-9,11-12,23H,1H3,(H,24,26)/b15-11+. The van der Waals surface area contributed by atoms with Crippen LogP contribution in [0.4, 0.5) is 11.4 Å². The van der Waals surface area contributed by atoms with Gasteiger partial charge in [-0.15, -0.1) is 11.3 Å². The van der Waals surface area contributed by atoms with Crippen LogP contribution in [0.2, 0.25) is 0 Å². The fourth-order valence-corrected chi connectivity index (χ4v) is 3.52. The van der Waals surface area contributed by atoms with Crippen LogP contribution >= 0.6 is 27.3 Å². The maximum absolute atomic E-state index is 11.1. The Morgan fingerprint density at radius 2 is 1.96 bits per heavy atom. The lowest BCUT2D eigenvalue weighted by molar-refractivity contribution is -0.114. The summed E-state index contributed by atoms with van der Waals surface area (Å²) >= 11 is 4.88. The highest BCUT2D eigenvalue weighted by Gasteiger charge is 2.09. The van der Waals surface area contributed by atoms with Crippen molar-refractivity contribution in [3.63, 3.8) is 0 Å². The molecule has 0 unspecified atom stereocenters. The van der Waals surface area contributed by atoms with Gasteiger partial charge in [0, 0.05) is 39.9 Å². The van der Waals surface area contributed by atoms with Crippen molar-refractivity contribution in [2.45, 2.75) is 6.92 Å². The number of thiazole rings is 1. The van der Waals surface area contributed by atoms with E-state index in [-0.39, 0.29) is 5.91 Å². The normalized spacial score (nSPS) is 10.9. The SMILES string of the molecule is CC(=O)Nc1ccc(N/C=C(\C#N)c2nc(-c3cccc(Br)c3)cs2)cc1. The van der Waals surface area contributed by atoms with Gasteiger partial charge in [0.05, 0.1) is 5.69 Å². The zero-order valence-electron chi connectivity index (χ0n) is 14.4. The summed E-state index contributed by atoms with van der Waals surface area (Å²) < 4.78 is 0.981. The topological polar surface area (TPSA) is 77.8 Å². The smallest absolute Gasteiger partial charge is 0.221 e.